The molecule has 2 aromatic rings. The topological polar surface area (TPSA) is 15.8 Å². The molecule has 1 heterocycles. The first-order valence-corrected chi connectivity index (χ1v) is 5.87. The molecule has 0 unspecified atom stereocenters. The third-order valence-corrected chi connectivity index (χ3v) is 3.51. The number of nitrogens with one attached hydrogen (secondary N) is 1. The highest BCUT2D eigenvalue weighted by Gasteiger charge is 2.35. The molecule has 0 bridgehead atoms. The monoisotopic (exact) mass is 257 g/mol. The SMILES string of the molecule is Fc1ccc(C(F)(F)F)c2c3c([nH]c12)CCCC3. The number of aryl methyl sites for hydroxylation is 2. The van der Waals surface area contributed by atoms with Gasteiger partial charge in [-0.1, -0.05) is 0 Å². The Balaban J connectivity index is 2.38. The normalized spacial score (nSPS) is 16.0. The molecule has 0 aliphatic heterocycles. The molecule has 18 heavy (non-hydrogen) atoms. The summed E-state index contributed by atoms with van der Waals surface area (Å²) in [6, 6.07) is 1.72. The summed E-state index contributed by atoms with van der Waals surface area (Å²) in [5.74, 6) is -0.618. The second-order valence-corrected chi connectivity index (χ2v) is 4.63. The Morgan fingerprint density at radius 2 is 1.78 bits per heavy atom. The molecular weight excluding hydrogens is 246 g/mol. The van der Waals surface area contributed by atoms with Crippen molar-refractivity contribution in [2.75, 3.05) is 0 Å². The third-order valence-electron chi connectivity index (χ3n) is 3.51. The predicted octanol–water partition coefficient (Wildman–Crippen LogP) is 4.20. The summed E-state index contributed by atoms with van der Waals surface area (Å²) in [5, 5.41) is 0.0252. The molecule has 0 amide bonds. The van der Waals surface area contributed by atoms with Gasteiger partial charge in [-0.2, -0.15) is 13.2 Å². The number of fused-ring (bicyclic) bond motifs is 3. The number of halogens is 4. The lowest BCUT2D eigenvalue weighted by molar-refractivity contribution is -0.136. The summed E-state index contributed by atoms with van der Waals surface area (Å²) >= 11 is 0. The van der Waals surface area contributed by atoms with Gasteiger partial charge >= 0.3 is 6.18 Å². The number of rotatable bonds is 0. The second kappa shape index (κ2) is 3.73. The van der Waals surface area contributed by atoms with Gasteiger partial charge in [-0.3, -0.25) is 0 Å². The summed E-state index contributed by atoms with van der Waals surface area (Å²) in [6.45, 7) is 0. The molecule has 1 aliphatic rings. The van der Waals surface area contributed by atoms with Crippen molar-refractivity contribution in [3.63, 3.8) is 0 Å². The zero-order valence-corrected chi connectivity index (χ0v) is 9.49. The molecule has 3 rings (SSSR count). The summed E-state index contributed by atoms with van der Waals surface area (Å²) in [6.07, 6.45) is -1.38. The van der Waals surface area contributed by atoms with Crippen molar-refractivity contribution in [2.45, 2.75) is 31.9 Å². The van der Waals surface area contributed by atoms with Gasteiger partial charge in [0.15, 0.2) is 0 Å². The van der Waals surface area contributed by atoms with Gasteiger partial charge in [0, 0.05) is 11.1 Å². The minimum absolute atomic E-state index is 0.00303. The molecule has 96 valence electrons. The number of H-pyrrole nitrogens is 1. The van der Waals surface area contributed by atoms with E-state index in [9.17, 15) is 17.6 Å². The average Bonchev–Trinajstić information content (AvgIpc) is 2.68. The van der Waals surface area contributed by atoms with E-state index in [2.05, 4.69) is 4.98 Å². The number of hydrogen-bond donors (Lipinski definition) is 1. The van der Waals surface area contributed by atoms with Crippen molar-refractivity contribution in [3.8, 4) is 0 Å². The van der Waals surface area contributed by atoms with Crippen LogP contribution in [0.5, 0.6) is 0 Å². The van der Waals surface area contributed by atoms with Gasteiger partial charge in [0.2, 0.25) is 0 Å². The van der Waals surface area contributed by atoms with Gasteiger partial charge in [-0.15, -0.1) is 0 Å². The predicted molar refractivity (Wildman–Crippen MR) is 59.9 cm³/mol. The van der Waals surface area contributed by atoms with Gasteiger partial charge in [-0.05, 0) is 43.4 Å². The van der Waals surface area contributed by atoms with Crippen LogP contribution in [-0.4, -0.2) is 4.98 Å². The van der Waals surface area contributed by atoms with Crippen LogP contribution < -0.4 is 0 Å². The number of alkyl halides is 3. The van der Waals surface area contributed by atoms with E-state index in [4.69, 9.17) is 0 Å². The molecule has 5 heteroatoms. The van der Waals surface area contributed by atoms with Gasteiger partial charge in [0.25, 0.3) is 0 Å². The van der Waals surface area contributed by atoms with Crippen LogP contribution in [-0.2, 0) is 19.0 Å². The van der Waals surface area contributed by atoms with Crippen LogP contribution in [0.3, 0.4) is 0 Å². The Labute approximate surface area is 101 Å². The van der Waals surface area contributed by atoms with Crippen molar-refractivity contribution < 1.29 is 17.6 Å². The van der Waals surface area contributed by atoms with E-state index in [0.29, 0.717) is 18.4 Å². The number of benzene rings is 1. The minimum Gasteiger partial charge on any atom is -0.356 e. The number of hydrogen-bond acceptors (Lipinski definition) is 0. The first-order chi connectivity index (χ1) is 8.48. The molecule has 1 aliphatic carbocycles. The largest absolute Gasteiger partial charge is 0.417 e. The van der Waals surface area contributed by atoms with Crippen LogP contribution in [0.2, 0.25) is 0 Å². The van der Waals surface area contributed by atoms with Crippen LogP contribution in [0.25, 0.3) is 10.9 Å². The lowest BCUT2D eigenvalue weighted by Gasteiger charge is -2.13. The number of aromatic nitrogens is 1. The summed E-state index contributed by atoms with van der Waals surface area (Å²) in [5.41, 5.74) is 0.657. The van der Waals surface area contributed by atoms with Gasteiger partial charge in [0.1, 0.15) is 5.82 Å². The minimum atomic E-state index is -4.45. The zero-order chi connectivity index (χ0) is 12.9. The van der Waals surface area contributed by atoms with E-state index in [-0.39, 0.29) is 10.9 Å². The van der Waals surface area contributed by atoms with Gasteiger partial charge < -0.3 is 4.98 Å². The van der Waals surface area contributed by atoms with E-state index in [1.54, 1.807) is 0 Å². The van der Waals surface area contributed by atoms with Crippen LogP contribution in [0.4, 0.5) is 17.6 Å². The maximum absolute atomic E-state index is 13.6. The molecule has 1 aromatic heterocycles. The van der Waals surface area contributed by atoms with Crippen molar-refractivity contribution in [1.29, 1.82) is 0 Å². The third kappa shape index (κ3) is 1.61. The molecule has 0 saturated carbocycles. The lowest BCUT2D eigenvalue weighted by Crippen LogP contribution is -2.07. The molecule has 0 fully saturated rings. The highest BCUT2D eigenvalue weighted by molar-refractivity contribution is 5.89. The van der Waals surface area contributed by atoms with Crippen LogP contribution >= 0.6 is 0 Å². The molecule has 0 atom stereocenters. The first kappa shape index (κ1) is 11.6. The fourth-order valence-electron chi connectivity index (χ4n) is 2.72. The number of aromatic amines is 1. The van der Waals surface area contributed by atoms with Gasteiger partial charge in [0.05, 0.1) is 11.1 Å². The van der Waals surface area contributed by atoms with E-state index in [1.807, 2.05) is 0 Å². The molecule has 1 N–H and O–H groups in total. The first-order valence-electron chi connectivity index (χ1n) is 5.87. The van der Waals surface area contributed by atoms with Crippen LogP contribution in [0, 0.1) is 5.82 Å². The summed E-state index contributed by atoms with van der Waals surface area (Å²) < 4.78 is 52.5. The second-order valence-electron chi connectivity index (χ2n) is 4.63. The van der Waals surface area contributed by atoms with Crippen molar-refractivity contribution in [2.24, 2.45) is 0 Å². The van der Waals surface area contributed by atoms with E-state index in [1.165, 1.54) is 0 Å². The smallest absolute Gasteiger partial charge is 0.356 e. The van der Waals surface area contributed by atoms with Crippen molar-refractivity contribution >= 4 is 10.9 Å². The van der Waals surface area contributed by atoms with Crippen LogP contribution in [0.15, 0.2) is 12.1 Å². The molecule has 0 radical (unpaired) electrons. The Morgan fingerprint density at radius 1 is 1.06 bits per heavy atom. The summed E-state index contributed by atoms with van der Waals surface area (Å²) in [7, 11) is 0. The zero-order valence-electron chi connectivity index (χ0n) is 9.49. The van der Waals surface area contributed by atoms with E-state index >= 15 is 0 Å². The highest BCUT2D eigenvalue weighted by atomic mass is 19.4. The fourth-order valence-corrected chi connectivity index (χ4v) is 2.72. The van der Waals surface area contributed by atoms with Crippen molar-refractivity contribution in [1.82, 2.24) is 4.98 Å². The maximum atomic E-state index is 13.6. The average molecular weight is 257 g/mol. The maximum Gasteiger partial charge on any atom is 0.417 e. The highest BCUT2D eigenvalue weighted by Crippen LogP contribution is 2.40. The summed E-state index contributed by atoms with van der Waals surface area (Å²) in [4.78, 5) is 2.82. The van der Waals surface area contributed by atoms with Gasteiger partial charge in [-0.25, -0.2) is 4.39 Å². The fraction of sp³-hybridized carbons (Fsp3) is 0.385. The van der Waals surface area contributed by atoms with E-state index in [0.717, 1.165) is 30.7 Å². The lowest BCUT2D eigenvalue weighted by atomic mass is 9.93. The molecule has 0 spiro atoms. The standard InChI is InChI=1S/C13H11F4N/c14-9-6-5-8(13(15,16)17)11-7-3-1-2-4-10(7)18-12(9)11/h5-6,18H,1-4H2. The Bertz CT molecular complexity index is 609. The van der Waals surface area contributed by atoms with Crippen molar-refractivity contribution in [3.05, 3.63) is 34.8 Å². The van der Waals surface area contributed by atoms with E-state index < -0.39 is 17.6 Å². The molecule has 0 saturated heterocycles. The molecular formula is C13H11F4N. The Morgan fingerprint density at radius 3 is 2.50 bits per heavy atom. The molecule has 1 nitrogen and oxygen atoms in total. The quantitative estimate of drug-likeness (QED) is 0.681. The Hall–Kier alpha value is -1.52. The Kier molecular flexibility index (Phi) is 2.40. The molecule has 1 aromatic carbocycles. The van der Waals surface area contributed by atoms with Crippen LogP contribution in [0.1, 0.15) is 29.7 Å².